The van der Waals surface area contributed by atoms with E-state index in [0.717, 1.165) is 48.8 Å². The Morgan fingerprint density at radius 3 is 2.56 bits per heavy atom. The Kier molecular flexibility index (Phi) is 5.67. The van der Waals surface area contributed by atoms with E-state index in [9.17, 15) is 14.7 Å². The van der Waals surface area contributed by atoms with Crippen LogP contribution >= 0.6 is 0 Å². The summed E-state index contributed by atoms with van der Waals surface area (Å²) in [7, 11) is 4.07. The van der Waals surface area contributed by atoms with Gasteiger partial charge in [0.1, 0.15) is 6.54 Å². The van der Waals surface area contributed by atoms with E-state index in [0.29, 0.717) is 24.8 Å². The molecule has 0 radical (unpaired) electrons. The molecule has 3 aliphatic rings. The third-order valence-corrected chi connectivity index (χ3v) is 7.08. The molecule has 1 aromatic heterocycles. The van der Waals surface area contributed by atoms with Gasteiger partial charge in [0.15, 0.2) is 5.82 Å². The highest BCUT2D eigenvalue weighted by Gasteiger charge is 2.34. The first-order valence-electron chi connectivity index (χ1n) is 11.8. The van der Waals surface area contributed by atoms with Crippen molar-refractivity contribution < 1.29 is 14.7 Å². The van der Waals surface area contributed by atoms with E-state index in [2.05, 4.69) is 27.0 Å². The summed E-state index contributed by atoms with van der Waals surface area (Å²) < 4.78 is 0. The van der Waals surface area contributed by atoms with Gasteiger partial charge in [0.05, 0.1) is 17.1 Å². The summed E-state index contributed by atoms with van der Waals surface area (Å²) in [6.45, 7) is 1.91. The Morgan fingerprint density at radius 1 is 1.16 bits per heavy atom. The third-order valence-electron chi connectivity index (χ3n) is 7.08. The van der Waals surface area contributed by atoms with Crippen LogP contribution in [0.4, 0.5) is 0 Å². The van der Waals surface area contributed by atoms with Crippen LogP contribution in [0.15, 0.2) is 12.1 Å². The maximum absolute atomic E-state index is 13.2. The van der Waals surface area contributed by atoms with E-state index in [4.69, 9.17) is 0 Å². The zero-order valence-electron chi connectivity index (χ0n) is 19.0. The van der Waals surface area contributed by atoms with Gasteiger partial charge in [-0.15, -0.1) is 0 Å². The number of piperazine rings is 1. The Morgan fingerprint density at radius 2 is 1.91 bits per heavy atom. The fourth-order valence-corrected chi connectivity index (χ4v) is 5.19. The lowest BCUT2D eigenvalue weighted by molar-refractivity contribution is -0.138. The fraction of sp³-hybridized carbons (Fsp3) is 0.625. The number of rotatable bonds is 5. The van der Waals surface area contributed by atoms with Crippen molar-refractivity contribution in [3.8, 4) is 0 Å². The molecular weight excluding hydrogens is 406 g/mol. The number of hydrogen-bond acceptors (Lipinski definition) is 5. The molecule has 2 saturated carbocycles. The molecule has 2 aromatic rings. The van der Waals surface area contributed by atoms with Crippen LogP contribution in [0.3, 0.4) is 0 Å². The Bertz CT molecular complexity index is 1020. The number of nitrogens with zero attached hydrogens (tertiary/aromatic N) is 4. The number of carbonyl (C=O) groups excluding carboxylic acids is 2. The lowest BCUT2D eigenvalue weighted by atomic mass is 9.91. The number of carbonyl (C=O) groups is 2. The van der Waals surface area contributed by atoms with Gasteiger partial charge >= 0.3 is 0 Å². The molecule has 0 bridgehead atoms. The number of aromatic amines is 1. The van der Waals surface area contributed by atoms with E-state index in [-0.39, 0.29) is 30.5 Å². The van der Waals surface area contributed by atoms with Gasteiger partial charge in [-0.3, -0.25) is 9.59 Å². The van der Waals surface area contributed by atoms with Crippen molar-refractivity contribution in [3.63, 3.8) is 0 Å². The largest absolute Gasteiger partial charge is 0.393 e. The van der Waals surface area contributed by atoms with Gasteiger partial charge in [-0.05, 0) is 75.7 Å². The van der Waals surface area contributed by atoms with Crippen LogP contribution in [0, 0.1) is 0 Å². The molecule has 2 N–H and O–H groups in total. The third kappa shape index (κ3) is 4.26. The van der Waals surface area contributed by atoms with Crippen LogP contribution in [0.25, 0.3) is 11.0 Å². The number of amides is 2. The van der Waals surface area contributed by atoms with Crippen LogP contribution in [-0.4, -0.2) is 87.5 Å². The minimum Gasteiger partial charge on any atom is -0.393 e. The predicted octanol–water partition coefficient (Wildman–Crippen LogP) is 2.09. The Balaban J connectivity index is 1.33. The van der Waals surface area contributed by atoms with Gasteiger partial charge in [0.2, 0.25) is 5.91 Å². The average molecular weight is 440 g/mol. The molecule has 2 heterocycles. The second kappa shape index (κ2) is 8.48. The van der Waals surface area contributed by atoms with Gasteiger partial charge < -0.3 is 24.8 Å². The summed E-state index contributed by atoms with van der Waals surface area (Å²) in [5.74, 6) is 0.716. The SMILES string of the molecule is CN(C)Cc1cc(C2CC2)cc2[nH]c(C(=O)N3CCN(C4CCC(O)CC4)C(=O)C3)nc12. The highest BCUT2D eigenvalue weighted by molar-refractivity contribution is 5.97. The highest BCUT2D eigenvalue weighted by atomic mass is 16.3. The van der Waals surface area contributed by atoms with Crippen molar-refractivity contribution in [2.75, 3.05) is 33.7 Å². The monoisotopic (exact) mass is 439 g/mol. The lowest BCUT2D eigenvalue weighted by Crippen LogP contribution is -2.56. The summed E-state index contributed by atoms with van der Waals surface area (Å²) in [6, 6.07) is 4.55. The van der Waals surface area contributed by atoms with E-state index in [1.807, 2.05) is 19.0 Å². The van der Waals surface area contributed by atoms with E-state index >= 15 is 0 Å². The molecule has 8 nitrogen and oxygen atoms in total. The average Bonchev–Trinajstić information content (AvgIpc) is 3.52. The van der Waals surface area contributed by atoms with E-state index in [1.165, 1.54) is 18.4 Å². The van der Waals surface area contributed by atoms with Crippen molar-refractivity contribution in [1.29, 1.82) is 0 Å². The zero-order chi connectivity index (χ0) is 22.4. The number of nitrogens with one attached hydrogen (secondary N) is 1. The number of benzene rings is 1. The van der Waals surface area contributed by atoms with Crippen molar-refractivity contribution in [2.45, 2.75) is 63.1 Å². The van der Waals surface area contributed by atoms with Gasteiger partial charge in [-0.1, -0.05) is 6.07 Å². The standard InChI is InChI=1S/C24H33N5O3/c1-27(2)13-17-11-16(15-3-4-15)12-20-22(17)26-23(25-20)24(32)28-9-10-29(21(31)14-28)18-5-7-19(30)8-6-18/h11-12,15,18-19,30H,3-10,13-14H2,1-2H3,(H,25,26). The maximum Gasteiger partial charge on any atom is 0.290 e. The molecule has 5 rings (SSSR count). The summed E-state index contributed by atoms with van der Waals surface area (Å²) in [6.07, 6.45) is 5.36. The molecule has 1 saturated heterocycles. The van der Waals surface area contributed by atoms with Gasteiger partial charge in [-0.2, -0.15) is 0 Å². The van der Waals surface area contributed by atoms with Crippen molar-refractivity contribution in [2.24, 2.45) is 0 Å². The first kappa shape index (κ1) is 21.4. The minimum atomic E-state index is -0.241. The normalized spacial score (nSPS) is 24.6. The van der Waals surface area contributed by atoms with Crippen molar-refractivity contribution in [3.05, 3.63) is 29.1 Å². The second-order valence-corrected chi connectivity index (χ2v) is 9.95. The van der Waals surface area contributed by atoms with Gasteiger partial charge in [-0.25, -0.2) is 4.98 Å². The number of imidazole rings is 1. The summed E-state index contributed by atoms with van der Waals surface area (Å²) in [4.78, 5) is 39.6. The van der Waals surface area contributed by atoms with Gasteiger partial charge in [0.25, 0.3) is 5.91 Å². The zero-order valence-corrected chi connectivity index (χ0v) is 19.0. The maximum atomic E-state index is 13.2. The number of hydrogen-bond donors (Lipinski definition) is 2. The van der Waals surface area contributed by atoms with Crippen molar-refractivity contribution >= 4 is 22.8 Å². The number of aliphatic hydroxyl groups is 1. The molecule has 32 heavy (non-hydrogen) atoms. The molecule has 172 valence electrons. The van der Waals surface area contributed by atoms with Crippen LogP contribution in [0.1, 0.15) is 66.2 Å². The summed E-state index contributed by atoms with van der Waals surface area (Å²) in [5.41, 5.74) is 4.20. The van der Waals surface area contributed by atoms with Crippen LogP contribution in [0.2, 0.25) is 0 Å². The number of aliphatic hydroxyl groups excluding tert-OH is 1. The van der Waals surface area contributed by atoms with E-state index < -0.39 is 0 Å². The number of aromatic nitrogens is 2. The minimum absolute atomic E-state index is 0.00795. The van der Waals surface area contributed by atoms with Gasteiger partial charge in [0, 0.05) is 25.7 Å². The van der Waals surface area contributed by atoms with Crippen molar-refractivity contribution in [1.82, 2.24) is 24.7 Å². The van der Waals surface area contributed by atoms with Crippen LogP contribution < -0.4 is 0 Å². The smallest absolute Gasteiger partial charge is 0.290 e. The first-order valence-corrected chi connectivity index (χ1v) is 11.8. The molecule has 2 amide bonds. The Hall–Kier alpha value is -2.45. The number of H-pyrrole nitrogens is 1. The molecule has 2 aliphatic carbocycles. The molecule has 8 heteroatoms. The second-order valence-electron chi connectivity index (χ2n) is 9.95. The summed E-state index contributed by atoms with van der Waals surface area (Å²) >= 11 is 0. The number of fused-ring (bicyclic) bond motifs is 1. The molecule has 0 unspecified atom stereocenters. The topological polar surface area (TPSA) is 92.8 Å². The molecule has 0 spiro atoms. The molecule has 3 fully saturated rings. The molecule has 0 atom stereocenters. The molecule has 1 aliphatic heterocycles. The fourth-order valence-electron chi connectivity index (χ4n) is 5.19. The summed E-state index contributed by atoms with van der Waals surface area (Å²) in [5, 5.41) is 9.74. The van der Waals surface area contributed by atoms with E-state index in [1.54, 1.807) is 4.90 Å². The predicted molar refractivity (Wildman–Crippen MR) is 121 cm³/mol. The molecular formula is C24H33N5O3. The lowest BCUT2D eigenvalue weighted by Gasteiger charge is -2.41. The quantitative estimate of drug-likeness (QED) is 0.744. The van der Waals surface area contributed by atoms with Crippen LogP contribution in [-0.2, 0) is 11.3 Å². The molecule has 1 aromatic carbocycles. The first-order chi connectivity index (χ1) is 15.4. The van der Waals surface area contributed by atoms with Crippen LogP contribution in [0.5, 0.6) is 0 Å². The highest BCUT2D eigenvalue weighted by Crippen LogP contribution is 2.41. The Labute approximate surface area is 188 Å².